The van der Waals surface area contributed by atoms with Crippen LogP contribution in [0.5, 0.6) is 0 Å². The number of ether oxygens (including phenoxy) is 3. The number of carbonyl (C=O) groups is 2. The zero-order valence-corrected chi connectivity index (χ0v) is 24.9. The van der Waals surface area contributed by atoms with Crippen LogP contribution in [0.25, 0.3) is 0 Å². The third kappa shape index (κ3) is 13.8. The van der Waals surface area contributed by atoms with E-state index in [2.05, 4.69) is 12.1 Å². The standard InChI is InChI=1S/C32H48N2O6/c1-5-39-30(36)25-33-24-28(20-21-29(33)35)34(31(37)40-32(2,3)4)22-16-11-9-7-6-8-10-12-17-23-38-26-27-18-14-13-15-19-27/h13-15,18-21,24H,5-12,16-17,22-23,25-26H2,1-4H3. The molecule has 8 heteroatoms. The van der Waals surface area contributed by atoms with Crippen LogP contribution in [0.15, 0.2) is 53.5 Å². The molecule has 1 amide bonds. The van der Waals surface area contributed by atoms with Crippen molar-refractivity contribution in [2.45, 2.75) is 104 Å². The summed E-state index contributed by atoms with van der Waals surface area (Å²) in [6.45, 7) is 9.17. The van der Waals surface area contributed by atoms with Crippen LogP contribution in [0.2, 0.25) is 0 Å². The van der Waals surface area contributed by atoms with Crippen molar-refractivity contribution in [3.8, 4) is 0 Å². The molecule has 0 saturated carbocycles. The lowest BCUT2D eigenvalue weighted by Gasteiger charge is -2.27. The number of carbonyl (C=O) groups excluding carboxylic acids is 2. The molecule has 1 heterocycles. The maximum Gasteiger partial charge on any atom is 0.414 e. The SMILES string of the molecule is CCOC(=O)Cn1cc(N(CCCCCCCCCCCOCc2ccccc2)C(=O)OC(C)(C)C)ccc1=O. The molecular weight excluding hydrogens is 508 g/mol. The lowest BCUT2D eigenvalue weighted by Crippen LogP contribution is -2.38. The van der Waals surface area contributed by atoms with Crippen LogP contribution in [0.1, 0.15) is 91.0 Å². The van der Waals surface area contributed by atoms with E-state index in [1.807, 2.05) is 39.0 Å². The fourth-order valence-corrected chi connectivity index (χ4v) is 4.27. The van der Waals surface area contributed by atoms with E-state index in [9.17, 15) is 14.4 Å². The molecule has 40 heavy (non-hydrogen) atoms. The monoisotopic (exact) mass is 556 g/mol. The molecule has 0 aliphatic heterocycles. The summed E-state index contributed by atoms with van der Waals surface area (Å²) in [6, 6.07) is 13.2. The van der Waals surface area contributed by atoms with E-state index in [-0.39, 0.29) is 18.7 Å². The summed E-state index contributed by atoms with van der Waals surface area (Å²) in [5, 5.41) is 0. The highest BCUT2D eigenvalue weighted by molar-refractivity contribution is 5.87. The number of pyridine rings is 1. The van der Waals surface area contributed by atoms with Gasteiger partial charge in [0.2, 0.25) is 0 Å². The minimum Gasteiger partial charge on any atom is -0.465 e. The summed E-state index contributed by atoms with van der Waals surface area (Å²) in [6.07, 6.45) is 11.1. The van der Waals surface area contributed by atoms with Gasteiger partial charge in [0.1, 0.15) is 12.1 Å². The van der Waals surface area contributed by atoms with Gasteiger partial charge in [-0.15, -0.1) is 0 Å². The third-order valence-corrected chi connectivity index (χ3v) is 6.28. The highest BCUT2D eigenvalue weighted by atomic mass is 16.6. The Bertz CT molecular complexity index is 1060. The van der Waals surface area contributed by atoms with Crippen LogP contribution in [-0.4, -0.2) is 42.0 Å². The van der Waals surface area contributed by atoms with Crippen molar-refractivity contribution >= 4 is 17.7 Å². The van der Waals surface area contributed by atoms with E-state index in [1.165, 1.54) is 54.5 Å². The van der Waals surface area contributed by atoms with Crippen molar-refractivity contribution in [3.63, 3.8) is 0 Å². The second kappa shape index (κ2) is 18.3. The molecule has 2 rings (SSSR count). The van der Waals surface area contributed by atoms with Crippen molar-refractivity contribution in [2.75, 3.05) is 24.7 Å². The average molecular weight is 557 g/mol. The lowest BCUT2D eigenvalue weighted by molar-refractivity contribution is -0.143. The summed E-state index contributed by atoms with van der Waals surface area (Å²) < 4.78 is 17.6. The van der Waals surface area contributed by atoms with E-state index in [0.29, 0.717) is 18.8 Å². The molecule has 8 nitrogen and oxygen atoms in total. The van der Waals surface area contributed by atoms with Crippen molar-refractivity contribution in [1.29, 1.82) is 0 Å². The summed E-state index contributed by atoms with van der Waals surface area (Å²) in [5.41, 5.74) is 0.754. The van der Waals surface area contributed by atoms with Gasteiger partial charge in [-0.05, 0) is 52.2 Å². The molecule has 0 atom stereocenters. The molecule has 1 aromatic carbocycles. The number of rotatable bonds is 18. The first-order valence-corrected chi connectivity index (χ1v) is 14.7. The van der Waals surface area contributed by atoms with Gasteiger partial charge in [0, 0.05) is 25.4 Å². The molecule has 222 valence electrons. The van der Waals surface area contributed by atoms with E-state index >= 15 is 0 Å². The molecular formula is C32H48N2O6. The maximum atomic E-state index is 13.0. The smallest absolute Gasteiger partial charge is 0.414 e. The van der Waals surface area contributed by atoms with Crippen LogP contribution < -0.4 is 10.5 Å². The first-order valence-electron chi connectivity index (χ1n) is 14.7. The van der Waals surface area contributed by atoms with Gasteiger partial charge >= 0.3 is 12.1 Å². The van der Waals surface area contributed by atoms with Crippen molar-refractivity contribution in [1.82, 2.24) is 4.57 Å². The molecule has 0 N–H and O–H groups in total. The van der Waals surface area contributed by atoms with Gasteiger partial charge in [-0.2, -0.15) is 0 Å². The van der Waals surface area contributed by atoms with Crippen molar-refractivity contribution < 1.29 is 23.8 Å². The summed E-state index contributed by atoms with van der Waals surface area (Å²) in [7, 11) is 0. The highest BCUT2D eigenvalue weighted by Crippen LogP contribution is 2.19. The summed E-state index contributed by atoms with van der Waals surface area (Å²) in [5.74, 6) is -0.498. The number of hydrogen-bond donors (Lipinski definition) is 0. The molecule has 0 fully saturated rings. The fourth-order valence-electron chi connectivity index (χ4n) is 4.27. The number of anilines is 1. The van der Waals surface area contributed by atoms with Crippen molar-refractivity contribution in [2.24, 2.45) is 0 Å². The predicted octanol–water partition coefficient (Wildman–Crippen LogP) is 6.88. The third-order valence-electron chi connectivity index (χ3n) is 6.28. The second-order valence-electron chi connectivity index (χ2n) is 11.0. The van der Waals surface area contributed by atoms with Gasteiger partial charge in [0.15, 0.2) is 0 Å². The number of benzene rings is 1. The average Bonchev–Trinajstić information content (AvgIpc) is 2.90. The Balaban J connectivity index is 1.71. The topological polar surface area (TPSA) is 87.1 Å². The van der Waals surface area contributed by atoms with E-state index in [4.69, 9.17) is 14.2 Å². The van der Waals surface area contributed by atoms with Crippen LogP contribution in [0.4, 0.5) is 10.5 Å². The van der Waals surface area contributed by atoms with Crippen molar-refractivity contribution in [3.05, 3.63) is 64.6 Å². The number of esters is 1. The number of hydrogen-bond acceptors (Lipinski definition) is 6. The first kappa shape index (κ1) is 33.1. The molecule has 0 aliphatic carbocycles. The van der Waals surface area contributed by atoms with Gasteiger partial charge < -0.3 is 18.8 Å². The molecule has 0 spiro atoms. The van der Waals surface area contributed by atoms with Crippen LogP contribution in [0, 0.1) is 0 Å². The lowest BCUT2D eigenvalue weighted by atomic mass is 10.1. The van der Waals surface area contributed by atoms with E-state index in [0.717, 1.165) is 32.3 Å². The van der Waals surface area contributed by atoms with Crippen LogP contribution >= 0.6 is 0 Å². The van der Waals surface area contributed by atoms with Gasteiger partial charge in [-0.25, -0.2) is 4.79 Å². The Morgan fingerprint density at radius 1 is 0.850 bits per heavy atom. The molecule has 2 aromatic rings. The Hall–Kier alpha value is -3.13. The van der Waals surface area contributed by atoms with Crippen LogP contribution in [0.3, 0.4) is 0 Å². The zero-order chi connectivity index (χ0) is 29.2. The summed E-state index contributed by atoms with van der Waals surface area (Å²) >= 11 is 0. The highest BCUT2D eigenvalue weighted by Gasteiger charge is 2.24. The van der Waals surface area contributed by atoms with Gasteiger partial charge in [0.05, 0.1) is 18.9 Å². The minimum atomic E-state index is -0.650. The molecule has 0 radical (unpaired) electrons. The normalized spacial score (nSPS) is 11.3. The number of amides is 1. The van der Waals surface area contributed by atoms with Crippen LogP contribution in [-0.2, 0) is 32.2 Å². The Morgan fingerprint density at radius 3 is 2.10 bits per heavy atom. The number of unbranched alkanes of at least 4 members (excludes halogenated alkanes) is 8. The molecule has 0 aliphatic rings. The van der Waals surface area contributed by atoms with Gasteiger partial charge in [0.25, 0.3) is 5.56 Å². The molecule has 0 bridgehead atoms. The Labute approximate surface area is 239 Å². The van der Waals surface area contributed by atoms with Gasteiger partial charge in [-0.3, -0.25) is 14.5 Å². The zero-order valence-electron chi connectivity index (χ0n) is 24.9. The second-order valence-corrected chi connectivity index (χ2v) is 11.0. The van der Waals surface area contributed by atoms with E-state index < -0.39 is 17.7 Å². The largest absolute Gasteiger partial charge is 0.465 e. The van der Waals surface area contributed by atoms with Gasteiger partial charge in [-0.1, -0.05) is 75.3 Å². The predicted molar refractivity (Wildman–Crippen MR) is 159 cm³/mol. The molecule has 0 unspecified atom stereocenters. The quantitative estimate of drug-likeness (QED) is 0.147. The van der Waals surface area contributed by atoms with E-state index in [1.54, 1.807) is 17.9 Å². The number of nitrogens with zero attached hydrogens (tertiary/aromatic N) is 2. The fraction of sp³-hybridized carbons (Fsp3) is 0.594. The molecule has 1 aromatic heterocycles. The first-order chi connectivity index (χ1) is 19.2. The summed E-state index contributed by atoms with van der Waals surface area (Å²) in [4.78, 5) is 38.7. The minimum absolute atomic E-state index is 0.205. The Kier molecular flexibility index (Phi) is 15.1. The maximum absolute atomic E-state index is 13.0. The Morgan fingerprint density at radius 2 is 1.48 bits per heavy atom. The molecule has 0 saturated heterocycles. The number of aromatic nitrogens is 1.